The zero-order chi connectivity index (χ0) is 20.9. The van der Waals surface area contributed by atoms with Gasteiger partial charge in [0.1, 0.15) is 11.7 Å². The first-order valence-corrected chi connectivity index (χ1v) is 9.59. The lowest BCUT2D eigenvalue weighted by molar-refractivity contribution is -2.00. The van der Waals surface area contributed by atoms with Gasteiger partial charge in [-0.05, 0) is 23.8 Å². The van der Waals surface area contributed by atoms with Crippen molar-refractivity contribution in [1.82, 2.24) is 4.48 Å². The van der Waals surface area contributed by atoms with E-state index in [0.29, 0.717) is 10.2 Å². The van der Waals surface area contributed by atoms with E-state index in [1.807, 2.05) is 6.07 Å². The largest absolute Gasteiger partial charge is 0.504 e. The topological polar surface area (TPSA) is 162 Å². The van der Waals surface area contributed by atoms with E-state index in [0.717, 1.165) is 36.2 Å². The summed E-state index contributed by atoms with van der Waals surface area (Å²) in [7, 11) is -1.24. The summed E-state index contributed by atoms with van der Waals surface area (Å²) in [4.78, 5) is 0. The molecule has 2 aromatic carbocycles. The van der Waals surface area contributed by atoms with Crippen molar-refractivity contribution in [1.29, 1.82) is 0 Å². The molecule has 9 nitrogen and oxygen atoms in total. The number of quaternary nitrogens is 1. The number of halogens is 1. The number of phenolic OH excluding ortho intramolecular Hbond substituents is 3. The highest BCUT2D eigenvalue weighted by molar-refractivity contribution is 5.65. The van der Waals surface area contributed by atoms with Gasteiger partial charge in [0, 0.05) is 30.0 Å². The van der Waals surface area contributed by atoms with Crippen LogP contribution in [-0.2, 0) is 12.8 Å². The van der Waals surface area contributed by atoms with Crippen LogP contribution >= 0.6 is 0 Å². The molecule has 2 aromatic rings. The van der Waals surface area contributed by atoms with Gasteiger partial charge < -0.3 is 20.1 Å². The first-order valence-electron chi connectivity index (χ1n) is 8.36. The smallest absolute Gasteiger partial charge is 0.163 e. The summed E-state index contributed by atoms with van der Waals surface area (Å²) in [5.41, 5.74) is 4.41. The zero-order valence-electron chi connectivity index (χ0n) is 15.2. The Balaban J connectivity index is 0.000000403. The van der Waals surface area contributed by atoms with Crippen molar-refractivity contribution < 1.29 is 48.9 Å². The van der Waals surface area contributed by atoms with E-state index in [-0.39, 0.29) is 23.3 Å². The van der Waals surface area contributed by atoms with Crippen molar-refractivity contribution in [2.45, 2.75) is 18.9 Å². The van der Waals surface area contributed by atoms with E-state index in [2.05, 4.69) is 7.05 Å². The van der Waals surface area contributed by atoms with Crippen LogP contribution in [0.5, 0.6) is 23.0 Å². The molecule has 2 aliphatic rings. The highest BCUT2D eigenvalue weighted by atomic mass is 35.7. The van der Waals surface area contributed by atoms with E-state index in [9.17, 15) is 15.3 Å². The fourth-order valence-electron chi connectivity index (χ4n) is 4.19. The lowest BCUT2D eigenvalue weighted by Gasteiger charge is -2.41. The molecule has 2 atom stereocenters. The quantitative estimate of drug-likeness (QED) is 0.352. The highest BCUT2D eigenvalue weighted by Crippen LogP contribution is 2.52. The second kappa shape index (κ2) is 6.96. The molecular formula is C18H20ClNO8. The molecule has 0 unspecified atom stereocenters. The molecule has 0 aromatic heterocycles. The third-order valence-corrected chi connectivity index (χ3v) is 5.47. The molecule has 0 bridgehead atoms. The van der Waals surface area contributed by atoms with Gasteiger partial charge >= 0.3 is 0 Å². The Morgan fingerprint density at radius 1 is 0.964 bits per heavy atom. The van der Waals surface area contributed by atoms with Crippen LogP contribution in [0, 0.1) is 10.2 Å². The van der Waals surface area contributed by atoms with Crippen molar-refractivity contribution in [2.75, 3.05) is 20.7 Å². The summed E-state index contributed by atoms with van der Waals surface area (Å²) in [6.45, 7) is 0.906. The predicted octanol–water partition coefficient (Wildman–Crippen LogP) is -2.15. The highest BCUT2D eigenvalue weighted by Gasteiger charge is 2.48. The Hall–Kier alpha value is -2.27. The van der Waals surface area contributed by atoms with Crippen molar-refractivity contribution in [3.8, 4) is 23.0 Å². The van der Waals surface area contributed by atoms with Crippen LogP contribution in [0.1, 0.15) is 22.7 Å². The number of methoxy groups -OCH3 is 1. The van der Waals surface area contributed by atoms with E-state index in [4.69, 9.17) is 23.4 Å². The maximum Gasteiger partial charge on any atom is 0.163 e. The number of aromatic hydroxyl groups is 3. The van der Waals surface area contributed by atoms with Gasteiger partial charge in [-0.25, -0.2) is 18.6 Å². The summed E-state index contributed by atoms with van der Waals surface area (Å²) in [5, 5.41) is 29.8. The minimum Gasteiger partial charge on any atom is -0.504 e. The molecule has 2 aliphatic heterocycles. The molecule has 0 saturated heterocycles. The molecule has 0 amide bonds. The zero-order valence-corrected chi connectivity index (χ0v) is 16.0. The van der Waals surface area contributed by atoms with Gasteiger partial charge in [0.2, 0.25) is 0 Å². The van der Waals surface area contributed by atoms with Crippen LogP contribution < -0.4 is 27.9 Å². The van der Waals surface area contributed by atoms with Crippen molar-refractivity contribution >= 4 is 5.69 Å². The predicted molar refractivity (Wildman–Crippen MR) is 87.2 cm³/mol. The average molecular weight is 414 g/mol. The van der Waals surface area contributed by atoms with Crippen molar-refractivity contribution in [2.24, 2.45) is 0 Å². The van der Waals surface area contributed by atoms with Crippen molar-refractivity contribution in [3.05, 3.63) is 41.0 Å². The van der Waals surface area contributed by atoms with Gasteiger partial charge in [0.15, 0.2) is 23.0 Å². The number of hydrogen-bond donors (Lipinski definition) is 3. The van der Waals surface area contributed by atoms with Gasteiger partial charge in [0.25, 0.3) is 0 Å². The molecule has 0 saturated carbocycles. The third-order valence-electron chi connectivity index (χ3n) is 5.47. The van der Waals surface area contributed by atoms with Gasteiger partial charge in [-0.3, -0.25) is 4.48 Å². The number of nitrogens with zero attached hydrogens (tertiary/aromatic N) is 1. The van der Waals surface area contributed by atoms with Gasteiger partial charge in [0.05, 0.1) is 20.7 Å². The summed E-state index contributed by atoms with van der Waals surface area (Å²) in [6, 6.07) is 7.24. The van der Waals surface area contributed by atoms with Crippen molar-refractivity contribution in [3.63, 3.8) is 0 Å². The SMILES string of the molecule is COc1cc2c(cc1O)[C@@H]1Cc3cc(O)c(O)cc3[N@+]1(C)CC2.[O-][Cl+3]([O-])([O-])[O-]. The molecule has 0 fully saturated rings. The van der Waals surface area contributed by atoms with E-state index >= 15 is 0 Å². The summed E-state index contributed by atoms with van der Waals surface area (Å²) >= 11 is 0. The Morgan fingerprint density at radius 2 is 1.57 bits per heavy atom. The number of fused-ring (bicyclic) bond motifs is 5. The third kappa shape index (κ3) is 3.68. The number of hydrogen-bond acceptors (Lipinski definition) is 8. The normalized spacial score (nSPS) is 22.4. The number of ether oxygens (including phenoxy) is 1. The summed E-state index contributed by atoms with van der Waals surface area (Å²) in [6.07, 6.45) is 1.65. The van der Waals surface area contributed by atoms with Crippen LogP contribution in [0.3, 0.4) is 0 Å². The number of rotatable bonds is 1. The molecule has 152 valence electrons. The summed E-state index contributed by atoms with van der Waals surface area (Å²) < 4.78 is 39.9. The van der Waals surface area contributed by atoms with Gasteiger partial charge in [-0.1, -0.05) is 0 Å². The first-order chi connectivity index (χ1) is 12.9. The second-order valence-electron chi connectivity index (χ2n) is 7.03. The Kier molecular flexibility index (Phi) is 5.09. The van der Waals surface area contributed by atoms with Crippen LogP contribution in [0.25, 0.3) is 0 Å². The molecular weight excluding hydrogens is 394 g/mol. The van der Waals surface area contributed by atoms with Gasteiger partial charge in [-0.2, -0.15) is 0 Å². The lowest BCUT2D eigenvalue weighted by atomic mass is 9.90. The maximum absolute atomic E-state index is 10.2. The minimum atomic E-state index is -4.94. The lowest BCUT2D eigenvalue weighted by Crippen LogP contribution is -2.68. The average Bonchev–Trinajstić information content (AvgIpc) is 2.86. The number of benzene rings is 2. The molecule has 4 rings (SSSR count). The fraction of sp³-hybridized carbons (Fsp3) is 0.333. The van der Waals surface area contributed by atoms with Crippen LogP contribution in [0.2, 0.25) is 0 Å². The molecule has 10 heteroatoms. The summed E-state index contributed by atoms with van der Waals surface area (Å²) in [5.74, 6) is 0.507. The standard InChI is InChI=1S/C18H19NO4.ClHO4/c1-19-4-3-10-7-18(23-2)17(22)8-12(10)14(19)5-11-6-15(20)16(21)9-13(11)19;2-1(3,4)5/h6-9,14H,3-5H2,1-2H3,(H2-,20,21,22);(H,2,3,4,5)/t14-,19-;/m0./s1. The Bertz CT molecular complexity index is 907. The molecule has 28 heavy (non-hydrogen) atoms. The van der Waals surface area contributed by atoms with E-state index in [1.54, 1.807) is 25.3 Å². The number of likely N-dealkylation sites (N-methyl/N-ethyl adjacent to an activating group) is 1. The minimum absolute atomic E-state index is 0.0759. The fourth-order valence-corrected chi connectivity index (χ4v) is 4.19. The van der Waals surface area contributed by atoms with E-state index < -0.39 is 10.2 Å². The van der Waals surface area contributed by atoms with Gasteiger partial charge in [-0.15, -0.1) is 10.2 Å². The molecule has 2 heterocycles. The second-order valence-corrected chi connectivity index (χ2v) is 7.79. The van der Waals surface area contributed by atoms with E-state index in [1.165, 1.54) is 5.56 Å². The maximum atomic E-state index is 10.2. The monoisotopic (exact) mass is 413 g/mol. The first kappa shape index (κ1) is 20.5. The molecule has 3 N–H and O–H groups in total. The molecule has 0 radical (unpaired) electrons. The van der Waals surface area contributed by atoms with Crippen LogP contribution in [0.4, 0.5) is 5.69 Å². The number of phenols is 3. The molecule has 0 spiro atoms. The van der Waals surface area contributed by atoms with Crippen LogP contribution in [-0.4, -0.2) is 36.0 Å². The Labute approximate surface area is 163 Å². The van der Waals surface area contributed by atoms with Crippen LogP contribution in [0.15, 0.2) is 24.3 Å². The molecule has 0 aliphatic carbocycles. The Morgan fingerprint density at radius 3 is 2.18 bits per heavy atom.